The van der Waals surface area contributed by atoms with Crippen LogP contribution in [0.15, 0.2) is 0 Å². The van der Waals surface area contributed by atoms with Crippen LogP contribution in [0.1, 0.15) is 26.2 Å². The monoisotopic (exact) mass is 231 g/mol. The van der Waals surface area contributed by atoms with Crippen molar-refractivity contribution >= 4 is 45.9 Å². The van der Waals surface area contributed by atoms with Crippen LogP contribution in [0.5, 0.6) is 0 Å². The lowest BCUT2D eigenvalue weighted by atomic mass is 10.1. The summed E-state index contributed by atoms with van der Waals surface area (Å²) in [5, 5.41) is 2.71. The van der Waals surface area contributed by atoms with Gasteiger partial charge in [0.15, 0.2) is 0 Å². The van der Waals surface area contributed by atoms with Crippen LogP contribution in [0, 0.1) is 0 Å². The van der Waals surface area contributed by atoms with Crippen molar-refractivity contribution in [2.24, 2.45) is 0 Å². The third kappa shape index (κ3) is 5.88. The molecule has 0 aliphatic heterocycles. The van der Waals surface area contributed by atoms with Gasteiger partial charge in [-0.1, -0.05) is 24.4 Å². The first-order valence-corrected chi connectivity index (χ1v) is 5.05. The minimum Gasteiger partial charge on any atom is -0.378 e. The van der Waals surface area contributed by atoms with Gasteiger partial charge in [0, 0.05) is 26.3 Å². The molecule has 0 aliphatic carbocycles. The molecule has 0 atom stereocenters. The van der Waals surface area contributed by atoms with E-state index in [9.17, 15) is 9.59 Å². The molecule has 0 aromatic rings. The second-order valence-corrected chi connectivity index (χ2v) is 3.82. The lowest BCUT2D eigenvalue weighted by Crippen LogP contribution is -2.25. The van der Waals surface area contributed by atoms with Gasteiger partial charge in [-0.3, -0.25) is 4.79 Å². The van der Waals surface area contributed by atoms with E-state index in [1.807, 2.05) is 0 Å². The Hall–Kier alpha value is -0.680. The van der Waals surface area contributed by atoms with Crippen LogP contribution in [0.4, 0.5) is 0 Å². The van der Waals surface area contributed by atoms with E-state index in [0.717, 1.165) is 0 Å². The van der Waals surface area contributed by atoms with Crippen molar-refractivity contribution in [3.05, 3.63) is 0 Å². The zero-order chi connectivity index (χ0) is 11.1. The zero-order valence-electron chi connectivity index (χ0n) is 8.25. The molecule has 0 rings (SSSR count). The van der Waals surface area contributed by atoms with Crippen molar-refractivity contribution in [2.75, 3.05) is 7.05 Å². The summed E-state index contributed by atoms with van der Waals surface area (Å²) in [5.41, 5.74) is 0. The summed E-state index contributed by atoms with van der Waals surface area (Å²) in [6.07, 6.45) is 0.692. The predicted molar refractivity (Wildman–Crippen MR) is 63.8 cm³/mol. The van der Waals surface area contributed by atoms with Gasteiger partial charge in [0.05, 0.1) is 4.86 Å². The van der Waals surface area contributed by atoms with Crippen molar-refractivity contribution in [3.8, 4) is 0 Å². The Morgan fingerprint density at radius 2 is 1.79 bits per heavy atom. The number of hydrogen-bond donors (Lipinski definition) is 1. The Labute approximate surface area is 94.2 Å². The van der Waals surface area contributed by atoms with E-state index in [1.54, 1.807) is 7.05 Å². The maximum Gasteiger partial charge on any atom is 0.138 e. The first kappa shape index (κ1) is 13.3. The van der Waals surface area contributed by atoms with Crippen LogP contribution in [0.2, 0.25) is 0 Å². The van der Waals surface area contributed by atoms with Gasteiger partial charge in [-0.05, 0) is 6.92 Å². The number of hydrogen-bond acceptors (Lipinski definition) is 4. The maximum absolute atomic E-state index is 11.3. The summed E-state index contributed by atoms with van der Waals surface area (Å²) < 4.78 is 0. The number of Topliss-reactive ketones (excluding diaryl/α,β-unsaturated/α-hetero) is 2. The van der Waals surface area contributed by atoms with Crippen molar-refractivity contribution in [2.45, 2.75) is 26.2 Å². The lowest BCUT2D eigenvalue weighted by molar-refractivity contribution is -0.122. The topological polar surface area (TPSA) is 46.2 Å². The van der Waals surface area contributed by atoms with Crippen molar-refractivity contribution in [1.82, 2.24) is 5.32 Å². The van der Waals surface area contributed by atoms with Crippen LogP contribution < -0.4 is 5.32 Å². The van der Waals surface area contributed by atoms with E-state index in [1.165, 1.54) is 6.92 Å². The molecule has 0 radical (unpaired) electrons. The highest BCUT2D eigenvalue weighted by atomic mass is 32.1. The van der Waals surface area contributed by atoms with Gasteiger partial charge in [0.25, 0.3) is 0 Å². The summed E-state index contributed by atoms with van der Waals surface area (Å²) in [6, 6.07) is 0. The maximum atomic E-state index is 11.3. The molecule has 0 fully saturated rings. The minimum atomic E-state index is -0.0391. The first-order valence-electron chi connectivity index (χ1n) is 4.23. The molecule has 78 valence electrons. The highest BCUT2D eigenvalue weighted by molar-refractivity contribution is 7.89. The van der Waals surface area contributed by atoms with Crippen LogP contribution in [0.3, 0.4) is 0 Å². The Bertz CT molecular complexity index is 274. The molecule has 0 saturated carbocycles. The summed E-state index contributed by atoms with van der Waals surface area (Å²) in [7, 11) is 1.66. The SMILES string of the molecule is CNC(=S)C(=S)CC(=O)CCC(C)=O. The van der Waals surface area contributed by atoms with Gasteiger partial charge in [0.2, 0.25) is 0 Å². The predicted octanol–water partition coefficient (Wildman–Crippen LogP) is 1.23. The molecular formula is C9H13NO2S2. The van der Waals surface area contributed by atoms with Crippen LogP contribution >= 0.6 is 24.4 Å². The molecule has 0 heterocycles. The van der Waals surface area contributed by atoms with E-state index >= 15 is 0 Å². The standard InChI is InChI=1S/C9H13NO2S2/c1-6(11)3-4-7(12)5-8(13)9(14)10-2/h3-5H2,1-2H3,(H,10,14). The fraction of sp³-hybridized carbons (Fsp3) is 0.556. The zero-order valence-corrected chi connectivity index (χ0v) is 9.89. The van der Waals surface area contributed by atoms with Crippen molar-refractivity contribution < 1.29 is 9.59 Å². The summed E-state index contributed by atoms with van der Waals surface area (Å²) in [4.78, 5) is 22.7. The number of rotatable bonds is 6. The number of carbonyl (C=O) groups is 2. The number of ketones is 2. The molecule has 3 nitrogen and oxygen atoms in total. The second kappa shape index (κ2) is 6.73. The molecule has 0 bridgehead atoms. The summed E-state index contributed by atoms with van der Waals surface area (Å²) in [5.74, 6) is -0.0248. The Morgan fingerprint density at radius 3 is 2.21 bits per heavy atom. The molecule has 0 spiro atoms. The highest BCUT2D eigenvalue weighted by Gasteiger charge is 2.09. The number of thiocarbonyl (C=S) groups is 2. The van der Waals surface area contributed by atoms with E-state index < -0.39 is 0 Å². The molecule has 5 heteroatoms. The lowest BCUT2D eigenvalue weighted by Gasteiger charge is -2.03. The van der Waals surface area contributed by atoms with E-state index in [-0.39, 0.29) is 30.8 Å². The fourth-order valence-electron chi connectivity index (χ4n) is 0.803. The normalized spacial score (nSPS) is 9.29. The van der Waals surface area contributed by atoms with Crippen LogP contribution in [-0.2, 0) is 9.59 Å². The van der Waals surface area contributed by atoms with Crippen LogP contribution in [0.25, 0.3) is 0 Å². The average molecular weight is 231 g/mol. The average Bonchev–Trinajstić information content (AvgIpc) is 2.13. The third-order valence-corrected chi connectivity index (χ3v) is 2.52. The molecular weight excluding hydrogens is 218 g/mol. The Balaban J connectivity index is 3.89. The molecule has 1 N–H and O–H groups in total. The minimum absolute atomic E-state index is 0.0143. The largest absolute Gasteiger partial charge is 0.378 e. The molecule has 0 aliphatic rings. The molecule has 0 amide bonds. The summed E-state index contributed by atoms with van der Waals surface area (Å²) in [6.45, 7) is 1.46. The number of carbonyl (C=O) groups excluding carboxylic acids is 2. The van der Waals surface area contributed by atoms with E-state index in [2.05, 4.69) is 5.32 Å². The van der Waals surface area contributed by atoms with Gasteiger partial charge < -0.3 is 10.1 Å². The highest BCUT2D eigenvalue weighted by Crippen LogP contribution is 1.99. The second-order valence-electron chi connectivity index (χ2n) is 2.92. The van der Waals surface area contributed by atoms with Gasteiger partial charge >= 0.3 is 0 Å². The van der Waals surface area contributed by atoms with Gasteiger partial charge in [0.1, 0.15) is 16.6 Å². The third-order valence-electron chi connectivity index (χ3n) is 1.59. The first-order chi connectivity index (χ1) is 6.47. The van der Waals surface area contributed by atoms with Crippen LogP contribution in [-0.4, -0.2) is 28.5 Å². The molecule has 0 aromatic heterocycles. The Morgan fingerprint density at radius 1 is 1.21 bits per heavy atom. The molecule has 0 unspecified atom stereocenters. The Kier molecular flexibility index (Phi) is 6.40. The van der Waals surface area contributed by atoms with Crippen molar-refractivity contribution in [1.29, 1.82) is 0 Å². The molecule has 0 saturated heterocycles. The van der Waals surface area contributed by atoms with Gasteiger partial charge in [-0.15, -0.1) is 0 Å². The molecule has 0 aromatic carbocycles. The van der Waals surface area contributed by atoms with Gasteiger partial charge in [-0.25, -0.2) is 0 Å². The van der Waals surface area contributed by atoms with E-state index in [0.29, 0.717) is 9.85 Å². The fourth-order valence-corrected chi connectivity index (χ4v) is 1.14. The van der Waals surface area contributed by atoms with Gasteiger partial charge in [-0.2, -0.15) is 0 Å². The smallest absolute Gasteiger partial charge is 0.138 e. The van der Waals surface area contributed by atoms with E-state index in [4.69, 9.17) is 24.4 Å². The number of nitrogens with one attached hydrogen (secondary N) is 1. The quantitative estimate of drug-likeness (QED) is 0.697. The summed E-state index contributed by atoms with van der Waals surface area (Å²) >= 11 is 9.78. The molecule has 14 heavy (non-hydrogen) atoms. The van der Waals surface area contributed by atoms with Crippen molar-refractivity contribution in [3.63, 3.8) is 0 Å².